The molecule has 0 fully saturated rings. The van der Waals surface area contributed by atoms with Gasteiger partial charge in [0.05, 0.1) is 57.6 Å². The van der Waals surface area contributed by atoms with Gasteiger partial charge in [0, 0.05) is 27.2 Å². The van der Waals surface area contributed by atoms with Gasteiger partial charge in [0.2, 0.25) is 5.69 Å². The molecule has 50 heavy (non-hydrogen) atoms. The molecular weight excluding hydrogens is 611 g/mol. The first kappa shape index (κ1) is 28.8. The van der Waals surface area contributed by atoms with Crippen molar-refractivity contribution >= 4 is 49.3 Å². The highest BCUT2D eigenvalue weighted by Gasteiger charge is 2.20. The van der Waals surface area contributed by atoms with Crippen LogP contribution in [0.5, 0.6) is 0 Å². The molecule has 0 bridgehead atoms. The Labute approximate surface area is 288 Å². The molecule has 0 amide bonds. The predicted octanol–water partition coefficient (Wildman–Crippen LogP) is 11.5. The number of fused-ring (bicyclic) bond motifs is 6. The van der Waals surface area contributed by atoms with Gasteiger partial charge in [-0.1, -0.05) is 91.0 Å². The summed E-state index contributed by atoms with van der Waals surface area (Å²) in [5.74, 6) is 0. The highest BCUT2D eigenvalue weighted by molar-refractivity contribution is 6.11. The summed E-state index contributed by atoms with van der Waals surface area (Å²) < 4.78 is 4.38. The molecule has 0 atom stereocenters. The van der Waals surface area contributed by atoms with Gasteiger partial charge in [-0.05, 0) is 82.9 Å². The summed E-state index contributed by atoms with van der Waals surface area (Å²) in [5, 5.41) is 24.2. The Morgan fingerprint density at radius 1 is 0.460 bits per heavy atom. The molecular formula is C45H25N5. The van der Waals surface area contributed by atoms with Crippen molar-refractivity contribution in [2.75, 3.05) is 0 Å². The van der Waals surface area contributed by atoms with E-state index >= 15 is 0 Å². The van der Waals surface area contributed by atoms with Gasteiger partial charge in [-0.3, -0.25) is 0 Å². The second-order valence-corrected chi connectivity index (χ2v) is 12.3. The van der Waals surface area contributed by atoms with Gasteiger partial charge in [-0.2, -0.15) is 10.5 Å². The van der Waals surface area contributed by atoms with Crippen LogP contribution in [-0.2, 0) is 0 Å². The molecule has 0 radical (unpaired) electrons. The summed E-state index contributed by atoms with van der Waals surface area (Å²) in [7, 11) is 0. The van der Waals surface area contributed by atoms with E-state index in [1.165, 1.54) is 0 Å². The third-order valence-electron chi connectivity index (χ3n) is 9.55. The van der Waals surface area contributed by atoms with Crippen molar-refractivity contribution < 1.29 is 0 Å². The number of hydrogen-bond donors (Lipinski definition) is 0. The van der Waals surface area contributed by atoms with E-state index in [1.807, 2.05) is 72.8 Å². The van der Waals surface area contributed by atoms with E-state index in [4.69, 9.17) is 6.57 Å². The molecule has 0 spiro atoms. The van der Waals surface area contributed by atoms with Crippen LogP contribution in [0.1, 0.15) is 11.1 Å². The van der Waals surface area contributed by atoms with E-state index in [1.54, 1.807) is 0 Å². The van der Waals surface area contributed by atoms with E-state index in [2.05, 4.69) is 105 Å². The van der Waals surface area contributed by atoms with Crippen molar-refractivity contribution in [1.29, 1.82) is 10.5 Å². The fourth-order valence-corrected chi connectivity index (χ4v) is 7.41. The molecule has 230 valence electrons. The highest BCUT2D eigenvalue weighted by atomic mass is 15.0. The van der Waals surface area contributed by atoms with Crippen LogP contribution in [0.3, 0.4) is 0 Å². The van der Waals surface area contributed by atoms with Crippen LogP contribution < -0.4 is 0 Å². The number of benzene rings is 7. The Morgan fingerprint density at radius 2 is 1.06 bits per heavy atom. The monoisotopic (exact) mass is 635 g/mol. The van der Waals surface area contributed by atoms with Crippen LogP contribution in [0.15, 0.2) is 152 Å². The van der Waals surface area contributed by atoms with Crippen LogP contribution in [0, 0.1) is 29.2 Å². The molecule has 0 saturated carbocycles. The second kappa shape index (κ2) is 11.4. The number of nitrogens with zero attached hydrogens (tertiary/aromatic N) is 5. The molecule has 0 aliphatic rings. The fourth-order valence-electron chi connectivity index (χ4n) is 7.41. The van der Waals surface area contributed by atoms with E-state index in [-0.39, 0.29) is 0 Å². The Hall–Kier alpha value is -7.39. The van der Waals surface area contributed by atoms with Gasteiger partial charge >= 0.3 is 0 Å². The molecule has 0 unspecified atom stereocenters. The van der Waals surface area contributed by atoms with E-state index in [0.29, 0.717) is 16.8 Å². The molecule has 2 heterocycles. The van der Waals surface area contributed by atoms with Crippen LogP contribution in [0.4, 0.5) is 5.69 Å². The Morgan fingerprint density at radius 3 is 1.74 bits per heavy atom. The van der Waals surface area contributed by atoms with E-state index in [9.17, 15) is 10.5 Å². The van der Waals surface area contributed by atoms with E-state index in [0.717, 1.165) is 77.2 Å². The third kappa shape index (κ3) is 4.38. The Balaban J connectivity index is 1.26. The van der Waals surface area contributed by atoms with Crippen molar-refractivity contribution in [3.8, 4) is 45.8 Å². The maximum atomic E-state index is 10.2. The molecule has 7 aromatic carbocycles. The van der Waals surface area contributed by atoms with Crippen molar-refractivity contribution in [3.05, 3.63) is 174 Å². The SMILES string of the molecule is [C-]#[N+]c1cccc(-c2cccc(-c3cc(C#N)cc(-n4c5ccccc5c5ccccc54)c3)c2)c1-n1c2ccccc2c2cc(C#N)ccc21. The standard InChI is InChI=1S/C45H25N5/c1-48-40-16-9-15-35(45(40)50-43-19-7-4-14-38(43)39-24-29(27-46)20-21-44(39)50)32-11-8-10-31(25-32)33-22-30(28-47)23-34(26-33)49-41-17-5-2-12-36(41)37-13-3-6-18-42(37)49/h2-26H. The number of para-hydroxylation sites is 4. The minimum absolute atomic E-state index is 0.528. The zero-order valence-electron chi connectivity index (χ0n) is 26.7. The summed E-state index contributed by atoms with van der Waals surface area (Å²) in [5.41, 5.74) is 11.2. The summed E-state index contributed by atoms with van der Waals surface area (Å²) in [6, 6.07) is 55.4. The third-order valence-corrected chi connectivity index (χ3v) is 9.55. The molecule has 0 saturated heterocycles. The molecule has 9 aromatic rings. The van der Waals surface area contributed by atoms with Gasteiger partial charge in [0.15, 0.2) is 0 Å². The summed E-state index contributed by atoms with van der Waals surface area (Å²) in [4.78, 5) is 3.99. The van der Waals surface area contributed by atoms with Gasteiger partial charge in [0.1, 0.15) is 0 Å². The summed E-state index contributed by atoms with van der Waals surface area (Å²) in [6.45, 7) is 8.19. The van der Waals surface area contributed by atoms with Crippen molar-refractivity contribution in [3.63, 3.8) is 0 Å². The molecule has 0 aliphatic carbocycles. The maximum Gasteiger partial charge on any atom is 0.211 e. The number of rotatable bonds is 4. The molecule has 0 N–H and O–H groups in total. The normalized spacial score (nSPS) is 11.1. The van der Waals surface area contributed by atoms with Gasteiger partial charge in [-0.15, -0.1) is 0 Å². The zero-order chi connectivity index (χ0) is 33.8. The number of hydrogen-bond acceptors (Lipinski definition) is 2. The lowest BCUT2D eigenvalue weighted by atomic mass is 9.96. The largest absolute Gasteiger partial charge is 0.318 e. The second-order valence-electron chi connectivity index (χ2n) is 12.3. The number of nitriles is 2. The first-order valence-corrected chi connectivity index (χ1v) is 16.3. The molecule has 5 nitrogen and oxygen atoms in total. The lowest BCUT2D eigenvalue weighted by Gasteiger charge is -2.17. The van der Waals surface area contributed by atoms with Crippen molar-refractivity contribution in [2.45, 2.75) is 0 Å². The Bertz CT molecular complexity index is 2920. The van der Waals surface area contributed by atoms with Crippen LogP contribution in [-0.4, -0.2) is 9.13 Å². The van der Waals surface area contributed by atoms with Crippen LogP contribution in [0.25, 0.3) is 82.1 Å². The summed E-state index contributed by atoms with van der Waals surface area (Å²) >= 11 is 0. The van der Waals surface area contributed by atoms with Crippen LogP contribution >= 0.6 is 0 Å². The first-order valence-electron chi connectivity index (χ1n) is 16.3. The predicted molar refractivity (Wildman–Crippen MR) is 202 cm³/mol. The molecule has 2 aromatic heterocycles. The smallest absolute Gasteiger partial charge is 0.211 e. The zero-order valence-corrected chi connectivity index (χ0v) is 26.7. The van der Waals surface area contributed by atoms with Gasteiger partial charge < -0.3 is 9.13 Å². The topological polar surface area (TPSA) is 61.8 Å². The summed E-state index contributed by atoms with van der Waals surface area (Å²) in [6.07, 6.45) is 0. The highest BCUT2D eigenvalue weighted by Crippen LogP contribution is 2.42. The van der Waals surface area contributed by atoms with E-state index < -0.39 is 0 Å². The fraction of sp³-hybridized carbons (Fsp3) is 0. The van der Waals surface area contributed by atoms with Crippen molar-refractivity contribution in [2.24, 2.45) is 0 Å². The average molecular weight is 636 g/mol. The van der Waals surface area contributed by atoms with Crippen molar-refractivity contribution in [1.82, 2.24) is 9.13 Å². The van der Waals surface area contributed by atoms with Gasteiger partial charge in [0.25, 0.3) is 0 Å². The lowest BCUT2D eigenvalue weighted by molar-refractivity contribution is 1.18. The first-order chi connectivity index (χ1) is 24.7. The number of aromatic nitrogens is 2. The van der Waals surface area contributed by atoms with Gasteiger partial charge in [-0.25, -0.2) is 4.85 Å². The minimum Gasteiger partial charge on any atom is -0.318 e. The molecule has 9 rings (SSSR count). The quantitative estimate of drug-likeness (QED) is 0.181. The van der Waals surface area contributed by atoms with Crippen LogP contribution in [0.2, 0.25) is 0 Å². The molecule has 0 aliphatic heterocycles. The molecule has 5 heteroatoms. The Kier molecular flexibility index (Phi) is 6.56. The average Bonchev–Trinajstić information content (AvgIpc) is 3.70. The minimum atomic E-state index is 0.528. The maximum absolute atomic E-state index is 10.2. The lowest BCUT2D eigenvalue weighted by Crippen LogP contribution is -1.98.